The molecule has 22 heavy (non-hydrogen) atoms. The fraction of sp³-hybridized carbons (Fsp3) is 0.222. The van der Waals surface area contributed by atoms with Crippen LogP contribution < -0.4 is 4.74 Å². The summed E-state index contributed by atoms with van der Waals surface area (Å²) < 4.78 is 10.3. The van der Waals surface area contributed by atoms with Crippen LogP contribution in [-0.2, 0) is 16.0 Å². The molecule has 114 valence electrons. The van der Waals surface area contributed by atoms with Gasteiger partial charge in [0.25, 0.3) is 0 Å². The average molecular weight is 298 g/mol. The van der Waals surface area contributed by atoms with Crippen molar-refractivity contribution in [2.24, 2.45) is 0 Å². The molecule has 2 rings (SSSR count). The number of ketones is 1. The van der Waals surface area contributed by atoms with E-state index in [1.807, 2.05) is 30.3 Å². The first-order valence-electron chi connectivity index (χ1n) is 6.99. The molecule has 0 bridgehead atoms. The molecule has 4 heteroatoms. The van der Waals surface area contributed by atoms with E-state index in [0.29, 0.717) is 17.7 Å². The Kier molecular flexibility index (Phi) is 5.31. The predicted molar refractivity (Wildman–Crippen MR) is 83.0 cm³/mol. The van der Waals surface area contributed by atoms with Gasteiger partial charge < -0.3 is 9.47 Å². The average Bonchev–Trinajstić information content (AvgIpc) is 2.54. The quantitative estimate of drug-likeness (QED) is 0.607. The van der Waals surface area contributed by atoms with Crippen LogP contribution in [0.2, 0.25) is 0 Å². The Hall–Kier alpha value is -2.62. The number of carbonyl (C=O) groups excluding carboxylic acids is 2. The number of Topliss-reactive ketones (excluding diaryl/α,β-unsaturated/α-hetero) is 1. The van der Waals surface area contributed by atoms with Crippen LogP contribution >= 0.6 is 0 Å². The van der Waals surface area contributed by atoms with Crippen LogP contribution in [0.1, 0.15) is 22.8 Å². The molecule has 0 radical (unpaired) electrons. The number of esters is 1. The topological polar surface area (TPSA) is 52.6 Å². The van der Waals surface area contributed by atoms with Crippen LogP contribution in [0.25, 0.3) is 0 Å². The lowest BCUT2D eigenvalue weighted by molar-refractivity contribution is -0.144. The summed E-state index contributed by atoms with van der Waals surface area (Å²) >= 11 is 0. The van der Waals surface area contributed by atoms with Crippen LogP contribution in [0.4, 0.5) is 0 Å². The maximum absolute atomic E-state index is 12.6. The minimum Gasteiger partial charge on any atom is -0.497 e. The first kappa shape index (κ1) is 15.8. The van der Waals surface area contributed by atoms with Crippen LogP contribution in [0, 0.1) is 0 Å². The van der Waals surface area contributed by atoms with Gasteiger partial charge in [-0.2, -0.15) is 0 Å². The Balaban J connectivity index is 2.19. The van der Waals surface area contributed by atoms with Crippen molar-refractivity contribution in [3.63, 3.8) is 0 Å². The molecule has 2 aromatic carbocycles. The summed E-state index contributed by atoms with van der Waals surface area (Å²) in [6.45, 7) is 1.30. The molecule has 0 N–H and O–H groups in total. The number of rotatable bonds is 6. The number of ether oxygens (including phenoxy) is 2. The van der Waals surface area contributed by atoms with Crippen molar-refractivity contribution in [2.75, 3.05) is 7.11 Å². The van der Waals surface area contributed by atoms with Crippen molar-refractivity contribution in [2.45, 2.75) is 19.4 Å². The third kappa shape index (κ3) is 4.19. The second-order valence-electron chi connectivity index (χ2n) is 4.88. The first-order chi connectivity index (χ1) is 10.6. The Morgan fingerprint density at radius 2 is 1.64 bits per heavy atom. The molecule has 1 atom stereocenters. The molecule has 2 aromatic rings. The number of hydrogen-bond acceptors (Lipinski definition) is 4. The zero-order valence-electron chi connectivity index (χ0n) is 12.6. The summed E-state index contributed by atoms with van der Waals surface area (Å²) in [5.41, 5.74) is 1.43. The number of methoxy groups -OCH3 is 1. The fourth-order valence-corrected chi connectivity index (χ4v) is 2.16. The number of benzene rings is 2. The summed E-state index contributed by atoms with van der Waals surface area (Å²) in [7, 11) is 1.56. The summed E-state index contributed by atoms with van der Waals surface area (Å²) in [6.07, 6.45) is -0.473. The zero-order valence-corrected chi connectivity index (χ0v) is 12.6. The second-order valence-corrected chi connectivity index (χ2v) is 4.88. The van der Waals surface area contributed by atoms with Gasteiger partial charge in [0.2, 0.25) is 5.78 Å². The van der Waals surface area contributed by atoms with E-state index in [9.17, 15) is 9.59 Å². The molecule has 0 aliphatic rings. The van der Waals surface area contributed by atoms with Gasteiger partial charge in [0, 0.05) is 18.9 Å². The molecule has 0 amide bonds. The molecular formula is C18H18O4. The lowest BCUT2D eigenvalue weighted by Gasteiger charge is -2.16. The third-order valence-electron chi connectivity index (χ3n) is 3.24. The van der Waals surface area contributed by atoms with E-state index in [2.05, 4.69) is 0 Å². The highest BCUT2D eigenvalue weighted by Gasteiger charge is 2.23. The number of hydrogen-bond donors (Lipinski definition) is 0. The molecule has 0 saturated carbocycles. The molecular weight excluding hydrogens is 280 g/mol. The third-order valence-corrected chi connectivity index (χ3v) is 3.24. The van der Waals surface area contributed by atoms with Crippen LogP contribution in [0.3, 0.4) is 0 Å². The van der Waals surface area contributed by atoms with E-state index < -0.39 is 12.1 Å². The van der Waals surface area contributed by atoms with Crippen molar-refractivity contribution in [3.8, 4) is 5.75 Å². The summed E-state index contributed by atoms with van der Waals surface area (Å²) in [4.78, 5) is 23.9. The lowest BCUT2D eigenvalue weighted by Crippen LogP contribution is -2.28. The van der Waals surface area contributed by atoms with Crippen molar-refractivity contribution in [3.05, 3.63) is 65.7 Å². The van der Waals surface area contributed by atoms with Crippen molar-refractivity contribution in [1.29, 1.82) is 0 Å². The van der Waals surface area contributed by atoms with Gasteiger partial charge >= 0.3 is 5.97 Å². The normalized spacial score (nSPS) is 11.5. The molecule has 0 saturated heterocycles. The fourth-order valence-electron chi connectivity index (χ4n) is 2.16. The highest BCUT2D eigenvalue weighted by atomic mass is 16.5. The van der Waals surface area contributed by atoms with E-state index in [1.54, 1.807) is 31.4 Å². The van der Waals surface area contributed by atoms with Crippen LogP contribution in [0.15, 0.2) is 54.6 Å². The largest absolute Gasteiger partial charge is 0.497 e. The molecule has 0 unspecified atom stereocenters. The van der Waals surface area contributed by atoms with E-state index in [0.717, 1.165) is 5.56 Å². The first-order valence-corrected chi connectivity index (χ1v) is 6.99. The zero-order chi connectivity index (χ0) is 15.9. The summed E-state index contributed by atoms with van der Waals surface area (Å²) in [6, 6.07) is 16.2. The molecule has 0 fully saturated rings. The van der Waals surface area contributed by atoms with Crippen molar-refractivity contribution < 1.29 is 19.1 Å². The van der Waals surface area contributed by atoms with Gasteiger partial charge in [0.1, 0.15) is 5.75 Å². The Morgan fingerprint density at radius 3 is 2.18 bits per heavy atom. The van der Waals surface area contributed by atoms with E-state index in [4.69, 9.17) is 9.47 Å². The number of carbonyl (C=O) groups is 2. The molecule has 0 aromatic heterocycles. The van der Waals surface area contributed by atoms with E-state index >= 15 is 0 Å². The van der Waals surface area contributed by atoms with Gasteiger partial charge in [-0.1, -0.05) is 30.3 Å². The molecule has 0 aliphatic carbocycles. The molecule has 0 heterocycles. The maximum Gasteiger partial charge on any atom is 0.303 e. The SMILES string of the molecule is COc1ccc(C(=O)[C@H](Cc2ccccc2)OC(C)=O)cc1. The molecule has 4 nitrogen and oxygen atoms in total. The van der Waals surface area contributed by atoms with Crippen LogP contribution in [-0.4, -0.2) is 25.0 Å². The van der Waals surface area contributed by atoms with E-state index in [1.165, 1.54) is 6.92 Å². The smallest absolute Gasteiger partial charge is 0.303 e. The Bertz CT molecular complexity index is 632. The van der Waals surface area contributed by atoms with Crippen LogP contribution in [0.5, 0.6) is 5.75 Å². The van der Waals surface area contributed by atoms with Gasteiger partial charge in [-0.15, -0.1) is 0 Å². The molecule has 0 spiro atoms. The standard InChI is InChI=1S/C18H18O4/c1-13(19)22-17(12-14-6-4-3-5-7-14)18(20)15-8-10-16(21-2)11-9-15/h3-11,17H,12H2,1-2H3/t17-/m0/s1. The summed E-state index contributed by atoms with van der Waals surface area (Å²) in [5, 5.41) is 0. The van der Waals surface area contributed by atoms with E-state index in [-0.39, 0.29) is 5.78 Å². The highest BCUT2D eigenvalue weighted by Crippen LogP contribution is 2.16. The minimum absolute atomic E-state index is 0.221. The van der Waals surface area contributed by atoms with Gasteiger partial charge in [-0.25, -0.2) is 0 Å². The summed E-state index contributed by atoms with van der Waals surface area (Å²) in [5.74, 6) is -0.0202. The van der Waals surface area contributed by atoms with Gasteiger partial charge in [-0.05, 0) is 29.8 Å². The monoisotopic (exact) mass is 298 g/mol. The Morgan fingerprint density at radius 1 is 1.00 bits per heavy atom. The minimum atomic E-state index is -0.826. The highest BCUT2D eigenvalue weighted by molar-refractivity contribution is 6.00. The van der Waals surface area contributed by atoms with Crippen molar-refractivity contribution >= 4 is 11.8 Å². The van der Waals surface area contributed by atoms with Crippen molar-refractivity contribution in [1.82, 2.24) is 0 Å². The predicted octanol–water partition coefficient (Wildman–Crippen LogP) is 3.05. The second kappa shape index (κ2) is 7.41. The lowest BCUT2D eigenvalue weighted by atomic mass is 9.99. The van der Waals surface area contributed by atoms with Gasteiger partial charge in [0.05, 0.1) is 7.11 Å². The Labute approximate surface area is 129 Å². The van der Waals surface area contributed by atoms with Gasteiger partial charge in [-0.3, -0.25) is 9.59 Å². The van der Waals surface area contributed by atoms with Gasteiger partial charge in [0.15, 0.2) is 6.10 Å². The maximum atomic E-state index is 12.6. The molecule has 0 aliphatic heterocycles.